The molecular formula is C59H58N2S. The molecule has 3 heteroatoms. The fourth-order valence-electron chi connectivity index (χ4n) is 12.6. The van der Waals surface area contributed by atoms with Gasteiger partial charge in [-0.2, -0.15) is 0 Å². The Morgan fingerprint density at radius 2 is 0.968 bits per heavy atom. The molecule has 5 unspecified atom stereocenters. The van der Waals surface area contributed by atoms with Crippen molar-refractivity contribution < 1.29 is 0 Å². The minimum absolute atomic E-state index is 0.0744. The minimum atomic E-state index is -0.0744. The number of fused-ring (bicyclic) bond motifs is 5. The van der Waals surface area contributed by atoms with Crippen LogP contribution in [0, 0.1) is 23.7 Å². The molecule has 3 saturated carbocycles. The molecule has 0 N–H and O–H groups in total. The highest BCUT2D eigenvalue weighted by molar-refractivity contribution is 7.25. The van der Waals surface area contributed by atoms with Crippen molar-refractivity contribution >= 4 is 65.6 Å². The molecule has 3 aliphatic rings. The molecule has 2 nitrogen and oxygen atoms in total. The first-order valence-electron chi connectivity index (χ1n) is 23.5. The van der Waals surface area contributed by atoms with Gasteiger partial charge in [-0.3, -0.25) is 0 Å². The fraction of sp³-hybridized carbons (Fsp3) is 0.288. The Bertz CT molecular complexity index is 2720. The van der Waals surface area contributed by atoms with Gasteiger partial charge in [0.2, 0.25) is 0 Å². The van der Waals surface area contributed by atoms with Crippen LogP contribution in [0.25, 0.3) is 20.2 Å². The van der Waals surface area contributed by atoms with E-state index < -0.39 is 0 Å². The summed E-state index contributed by atoms with van der Waals surface area (Å²) >= 11 is 1.90. The summed E-state index contributed by atoms with van der Waals surface area (Å²) < 4.78 is 2.68. The van der Waals surface area contributed by atoms with E-state index in [1.54, 1.807) is 0 Å². The number of hydrogen-bond donors (Lipinski definition) is 0. The van der Waals surface area contributed by atoms with Crippen molar-refractivity contribution in [1.82, 2.24) is 0 Å². The van der Waals surface area contributed by atoms with Crippen LogP contribution in [0.15, 0.2) is 176 Å². The second kappa shape index (κ2) is 16.6. The zero-order valence-corrected chi connectivity index (χ0v) is 37.1. The van der Waals surface area contributed by atoms with Gasteiger partial charge in [0.1, 0.15) is 0 Å². The summed E-state index contributed by atoms with van der Waals surface area (Å²) in [4.78, 5) is 4.89. The summed E-state index contributed by atoms with van der Waals surface area (Å²) in [6.07, 6.45) is 12.0. The van der Waals surface area contributed by atoms with Crippen LogP contribution in [0.4, 0.5) is 34.1 Å². The van der Waals surface area contributed by atoms with E-state index in [9.17, 15) is 0 Å². The molecule has 310 valence electrons. The lowest BCUT2D eigenvalue weighted by atomic mass is 9.48. The van der Waals surface area contributed by atoms with Gasteiger partial charge in [0.15, 0.2) is 0 Å². The molecule has 2 bridgehead atoms. The van der Waals surface area contributed by atoms with Gasteiger partial charge in [0, 0.05) is 59.7 Å². The Morgan fingerprint density at radius 1 is 0.452 bits per heavy atom. The van der Waals surface area contributed by atoms with E-state index in [1.807, 2.05) is 11.3 Å². The highest BCUT2D eigenvalue weighted by Gasteiger charge is 2.52. The molecule has 1 aromatic heterocycles. The molecule has 0 aliphatic heterocycles. The average Bonchev–Trinajstić information content (AvgIpc) is 3.69. The summed E-state index contributed by atoms with van der Waals surface area (Å²) in [6.45, 7) is 5.08. The summed E-state index contributed by atoms with van der Waals surface area (Å²) in [5.41, 5.74) is 11.5. The number of anilines is 6. The van der Waals surface area contributed by atoms with E-state index in [0.717, 1.165) is 11.8 Å². The van der Waals surface area contributed by atoms with Gasteiger partial charge in [0.05, 0.1) is 0 Å². The Morgan fingerprint density at radius 3 is 1.60 bits per heavy atom. The predicted molar refractivity (Wildman–Crippen MR) is 266 cm³/mol. The maximum atomic E-state index is 2.57. The average molecular weight is 827 g/mol. The molecule has 0 radical (unpaired) electrons. The van der Waals surface area contributed by atoms with Gasteiger partial charge in [-0.05, 0) is 164 Å². The van der Waals surface area contributed by atoms with Crippen molar-refractivity contribution in [2.75, 3.05) is 9.80 Å². The number of nitrogens with zero attached hydrogens (tertiary/aromatic N) is 2. The number of rotatable bonds is 9. The first-order valence-corrected chi connectivity index (χ1v) is 24.3. The zero-order chi connectivity index (χ0) is 41.6. The van der Waals surface area contributed by atoms with Crippen molar-refractivity contribution in [1.29, 1.82) is 0 Å². The molecule has 7 aromatic carbocycles. The summed E-state index contributed by atoms with van der Waals surface area (Å²) in [7, 11) is 0. The largest absolute Gasteiger partial charge is 0.311 e. The summed E-state index contributed by atoms with van der Waals surface area (Å²) in [5.74, 6) is 3.35. The lowest BCUT2D eigenvalue weighted by Gasteiger charge is -2.55. The molecule has 3 fully saturated rings. The number of para-hydroxylation sites is 2. The van der Waals surface area contributed by atoms with E-state index >= 15 is 0 Å². The van der Waals surface area contributed by atoms with Gasteiger partial charge in [-0.25, -0.2) is 0 Å². The van der Waals surface area contributed by atoms with Gasteiger partial charge < -0.3 is 9.80 Å². The van der Waals surface area contributed by atoms with Gasteiger partial charge in [-0.1, -0.05) is 130 Å². The third-order valence-corrected chi connectivity index (χ3v) is 16.4. The van der Waals surface area contributed by atoms with Crippen molar-refractivity contribution in [2.24, 2.45) is 23.7 Å². The number of hydrogen-bond acceptors (Lipinski definition) is 3. The molecular weight excluding hydrogens is 769 g/mol. The van der Waals surface area contributed by atoms with Crippen LogP contribution in [0.5, 0.6) is 0 Å². The van der Waals surface area contributed by atoms with Crippen LogP contribution in [0.2, 0.25) is 0 Å². The summed E-state index contributed by atoms with van der Waals surface area (Å²) in [5, 5.41) is 2.69. The lowest BCUT2D eigenvalue weighted by molar-refractivity contribution is 0.0402. The molecule has 0 amide bonds. The molecule has 62 heavy (non-hydrogen) atoms. The standard InChI is InChI=1S/C59H58N2S/c1-41-36-43-38-42(2)59(48(37-41)39-43,46-24-30-52(31-25-46)60(49-16-8-4-9-17-49)50-18-10-5-11-19-50)47-26-32-53(33-27-47)61(51-28-22-45(23-29-51)44-14-6-3-7-15-44)54-34-35-56-55-20-12-13-21-57(55)62-58(56)40-54/h4-5,8-13,16-35,40-44,48H,3,6-7,14-15,36-39H2,1-2H3. The first kappa shape index (κ1) is 39.2. The van der Waals surface area contributed by atoms with E-state index in [1.165, 1.54) is 129 Å². The second-order valence-corrected chi connectivity index (χ2v) is 20.1. The SMILES string of the molecule is CC1CC2CC(C)C(c3ccc(N(c4ccccc4)c4ccccc4)cc3)(c3ccc(N(c4ccc(C5CCCCC5)cc4)c4ccc5c(c4)sc4ccccc45)cc3)C(C1)C2. The highest BCUT2D eigenvalue weighted by Crippen LogP contribution is 2.59. The van der Waals surface area contributed by atoms with Crippen molar-refractivity contribution in [2.45, 2.75) is 83.0 Å². The van der Waals surface area contributed by atoms with Gasteiger partial charge in [0.25, 0.3) is 0 Å². The Labute approximate surface area is 372 Å². The van der Waals surface area contributed by atoms with Crippen molar-refractivity contribution in [3.63, 3.8) is 0 Å². The quantitative estimate of drug-likeness (QED) is 0.143. The maximum Gasteiger partial charge on any atom is 0.0476 e. The topological polar surface area (TPSA) is 6.48 Å². The van der Waals surface area contributed by atoms with Gasteiger partial charge >= 0.3 is 0 Å². The number of thiophene rings is 1. The van der Waals surface area contributed by atoms with Crippen LogP contribution in [0.3, 0.4) is 0 Å². The molecule has 0 spiro atoms. The minimum Gasteiger partial charge on any atom is -0.311 e. The fourth-order valence-corrected chi connectivity index (χ4v) is 13.8. The maximum absolute atomic E-state index is 2.57. The normalized spacial score (nSPS) is 22.7. The van der Waals surface area contributed by atoms with Crippen LogP contribution >= 0.6 is 11.3 Å². The monoisotopic (exact) mass is 826 g/mol. The van der Waals surface area contributed by atoms with Gasteiger partial charge in [-0.15, -0.1) is 11.3 Å². The predicted octanol–water partition coefficient (Wildman–Crippen LogP) is 17.4. The van der Waals surface area contributed by atoms with Crippen LogP contribution < -0.4 is 9.80 Å². The van der Waals surface area contributed by atoms with Crippen LogP contribution in [0.1, 0.15) is 94.2 Å². The van der Waals surface area contributed by atoms with Crippen LogP contribution in [-0.2, 0) is 5.41 Å². The number of benzene rings is 7. The molecule has 11 rings (SSSR count). The van der Waals surface area contributed by atoms with E-state index in [0.29, 0.717) is 17.8 Å². The zero-order valence-electron chi connectivity index (χ0n) is 36.3. The highest BCUT2D eigenvalue weighted by atomic mass is 32.1. The Kier molecular flexibility index (Phi) is 10.5. The van der Waals surface area contributed by atoms with E-state index in [2.05, 4.69) is 200 Å². The molecule has 3 aliphatic carbocycles. The molecule has 5 atom stereocenters. The van der Waals surface area contributed by atoms with Crippen molar-refractivity contribution in [3.8, 4) is 0 Å². The van der Waals surface area contributed by atoms with Crippen LogP contribution in [-0.4, -0.2) is 0 Å². The third kappa shape index (κ3) is 7.03. The molecule has 8 aromatic rings. The van der Waals surface area contributed by atoms with E-state index in [4.69, 9.17) is 0 Å². The Balaban J connectivity index is 1.01. The first-order chi connectivity index (χ1) is 30.5. The lowest BCUT2D eigenvalue weighted by Crippen LogP contribution is -2.50. The van der Waals surface area contributed by atoms with E-state index in [-0.39, 0.29) is 5.41 Å². The molecule has 0 saturated heterocycles. The Hall–Kier alpha value is -5.64. The summed E-state index contributed by atoms with van der Waals surface area (Å²) in [6, 6.07) is 66.8. The second-order valence-electron chi connectivity index (χ2n) is 19.0. The smallest absolute Gasteiger partial charge is 0.0476 e. The third-order valence-electron chi connectivity index (χ3n) is 15.2. The molecule has 1 heterocycles. The van der Waals surface area contributed by atoms with Crippen molar-refractivity contribution in [3.05, 3.63) is 193 Å².